The zero-order valence-electron chi connectivity index (χ0n) is 15.6. The molecule has 0 aliphatic carbocycles. The number of amides is 1. The number of carbonyl (C=O) groups excluding carboxylic acids is 1. The van der Waals surface area contributed by atoms with Gasteiger partial charge in [-0.2, -0.15) is 5.10 Å². The Labute approximate surface area is 159 Å². The molecule has 1 saturated heterocycles. The van der Waals surface area contributed by atoms with Gasteiger partial charge in [0.25, 0.3) is 5.91 Å². The summed E-state index contributed by atoms with van der Waals surface area (Å²) in [5, 5.41) is 8.44. The van der Waals surface area contributed by atoms with E-state index >= 15 is 0 Å². The molecular weight excluding hydrogens is 350 g/mol. The first-order valence-corrected chi connectivity index (χ1v) is 9.57. The van der Waals surface area contributed by atoms with Gasteiger partial charge in [0, 0.05) is 18.2 Å². The van der Waals surface area contributed by atoms with Crippen molar-refractivity contribution in [3.8, 4) is 5.69 Å². The molecule has 1 unspecified atom stereocenters. The van der Waals surface area contributed by atoms with E-state index in [0.717, 1.165) is 42.9 Å². The van der Waals surface area contributed by atoms with Crippen molar-refractivity contribution in [3.05, 3.63) is 46.2 Å². The van der Waals surface area contributed by atoms with Gasteiger partial charge in [0.2, 0.25) is 0 Å². The van der Waals surface area contributed by atoms with Gasteiger partial charge in [-0.15, -0.1) is 0 Å². The van der Waals surface area contributed by atoms with Gasteiger partial charge >= 0.3 is 0 Å². The Hall–Kier alpha value is -1.85. The van der Waals surface area contributed by atoms with Gasteiger partial charge in [-0.1, -0.05) is 25.4 Å². The fourth-order valence-electron chi connectivity index (χ4n) is 3.32. The summed E-state index contributed by atoms with van der Waals surface area (Å²) in [5.74, 6) is 0.335. The van der Waals surface area contributed by atoms with Crippen molar-refractivity contribution in [2.75, 3.05) is 13.2 Å². The topological polar surface area (TPSA) is 56.1 Å². The quantitative estimate of drug-likeness (QED) is 0.831. The molecule has 2 aromatic rings. The summed E-state index contributed by atoms with van der Waals surface area (Å²) in [6.07, 6.45) is 2.94. The summed E-state index contributed by atoms with van der Waals surface area (Å²) >= 11 is 5.99. The van der Waals surface area contributed by atoms with Crippen LogP contribution >= 0.6 is 11.6 Å². The molecule has 1 aromatic carbocycles. The fourth-order valence-corrected chi connectivity index (χ4v) is 3.45. The number of nitrogens with zero attached hydrogens (tertiary/aromatic N) is 2. The van der Waals surface area contributed by atoms with E-state index in [1.807, 2.05) is 35.9 Å². The zero-order valence-corrected chi connectivity index (χ0v) is 16.3. The predicted molar refractivity (Wildman–Crippen MR) is 103 cm³/mol. The molecule has 140 valence electrons. The molecule has 6 heteroatoms. The van der Waals surface area contributed by atoms with Gasteiger partial charge in [0.05, 0.1) is 28.7 Å². The lowest BCUT2D eigenvalue weighted by molar-refractivity contribution is 0.0856. The van der Waals surface area contributed by atoms with Crippen LogP contribution in [0.4, 0.5) is 0 Å². The Morgan fingerprint density at radius 1 is 1.38 bits per heavy atom. The van der Waals surface area contributed by atoms with E-state index in [1.54, 1.807) is 0 Å². The van der Waals surface area contributed by atoms with Crippen LogP contribution in [0.2, 0.25) is 5.02 Å². The number of hydrogen-bond acceptors (Lipinski definition) is 3. The molecule has 1 aliphatic heterocycles. The van der Waals surface area contributed by atoms with Crippen molar-refractivity contribution < 1.29 is 9.53 Å². The van der Waals surface area contributed by atoms with Crippen LogP contribution in [0.1, 0.15) is 48.4 Å². The van der Waals surface area contributed by atoms with Crippen LogP contribution in [-0.2, 0) is 11.2 Å². The molecule has 1 aliphatic rings. The van der Waals surface area contributed by atoms with Crippen molar-refractivity contribution in [1.82, 2.24) is 15.1 Å². The van der Waals surface area contributed by atoms with Crippen LogP contribution in [0, 0.1) is 12.8 Å². The second kappa shape index (κ2) is 8.23. The highest BCUT2D eigenvalue weighted by Crippen LogP contribution is 2.22. The van der Waals surface area contributed by atoms with Crippen LogP contribution in [0.15, 0.2) is 24.3 Å². The minimum Gasteiger partial charge on any atom is -0.376 e. The van der Waals surface area contributed by atoms with Gasteiger partial charge in [-0.05, 0) is 56.4 Å². The monoisotopic (exact) mass is 375 g/mol. The van der Waals surface area contributed by atoms with Crippen LogP contribution < -0.4 is 5.32 Å². The molecule has 1 N–H and O–H groups in total. The van der Waals surface area contributed by atoms with Crippen molar-refractivity contribution in [3.63, 3.8) is 0 Å². The molecule has 5 nitrogen and oxygen atoms in total. The average molecular weight is 376 g/mol. The molecule has 26 heavy (non-hydrogen) atoms. The van der Waals surface area contributed by atoms with E-state index < -0.39 is 0 Å². The minimum atomic E-state index is -0.0751. The molecule has 2 heterocycles. The van der Waals surface area contributed by atoms with Gasteiger partial charge in [-0.25, -0.2) is 4.68 Å². The number of aromatic nitrogens is 2. The summed E-state index contributed by atoms with van der Waals surface area (Å²) in [7, 11) is 0. The second-order valence-electron chi connectivity index (χ2n) is 7.24. The largest absolute Gasteiger partial charge is 0.376 e. The van der Waals surface area contributed by atoms with Gasteiger partial charge in [0.1, 0.15) is 0 Å². The minimum absolute atomic E-state index is 0.0751. The zero-order chi connectivity index (χ0) is 18.7. The van der Waals surface area contributed by atoms with E-state index in [9.17, 15) is 4.79 Å². The van der Waals surface area contributed by atoms with Gasteiger partial charge in [0.15, 0.2) is 0 Å². The average Bonchev–Trinajstić information content (AvgIpc) is 3.21. The summed E-state index contributed by atoms with van der Waals surface area (Å²) in [5.41, 5.74) is 3.24. The highest BCUT2D eigenvalue weighted by atomic mass is 35.5. The summed E-state index contributed by atoms with van der Waals surface area (Å²) in [6, 6.07) is 7.49. The lowest BCUT2D eigenvalue weighted by atomic mass is 10.0. The smallest absolute Gasteiger partial charge is 0.255 e. The molecule has 1 aromatic heterocycles. The first kappa shape index (κ1) is 18.9. The third kappa shape index (κ3) is 4.27. The lowest BCUT2D eigenvalue weighted by Gasteiger charge is -2.12. The molecule has 0 saturated carbocycles. The molecule has 1 amide bonds. The Morgan fingerprint density at radius 3 is 2.73 bits per heavy atom. The maximum atomic E-state index is 12.9. The number of rotatable bonds is 6. The second-order valence-corrected chi connectivity index (χ2v) is 7.67. The Kier molecular flexibility index (Phi) is 5.99. The lowest BCUT2D eigenvalue weighted by Crippen LogP contribution is -2.32. The fraction of sp³-hybridized carbons (Fsp3) is 0.500. The Morgan fingerprint density at radius 2 is 2.12 bits per heavy atom. The van der Waals surface area contributed by atoms with Crippen molar-refractivity contribution in [2.45, 2.75) is 46.1 Å². The van der Waals surface area contributed by atoms with Crippen LogP contribution in [0.25, 0.3) is 5.69 Å². The predicted octanol–water partition coefficient (Wildman–Crippen LogP) is 3.94. The summed E-state index contributed by atoms with van der Waals surface area (Å²) in [4.78, 5) is 12.9. The molecule has 0 spiro atoms. The van der Waals surface area contributed by atoms with Crippen LogP contribution in [0.5, 0.6) is 0 Å². The Bertz CT molecular complexity index is 762. The molecule has 1 atom stereocenters. The van der Waals surface area contributed by atoms with E-state index in [-0.39, 0.29) is 12.0 Å². The SMILES string of the molecule is Cc1c(C(=O)NCC2CCCO2)c(CC(C)C)nn1-c1ccc(Cl)cc1. The highest BCUT2D eigenvalue weighted by molar-refractivity contribution is 6.30. The van der Waals surface area contributed by atoms with Crippen molar-refractivity contribution in [1.29, 1.82) is 0 Å². The maximum absolute atomic E-state index is 12.9. The molecule has 0 bridgehead atoms. The standard InChI is InChI=1S/C20H26ClN3O2/c1-13(2)11-18-19(20(25)22-12-17-5-4-10-26-17)14(3)24(23-18)16-8-6-15(21)7-9-16/h6-9,13,17H,4-5,10-12H2,1-3H3,(H,22,25). The van der Waals surface area contributed by atoms with Crippen LogP contribution in [-0.4, -0.2) is 34.9 Å². The summed E-state index contributed by atoms with van der Waals surface area (Å²) in [6.45, 7) is 7.53. The van der Waals surface area contributed by atoms with E-state index in [1.165, 1.54) is 0 Å². The molecule has 1 fully saturated rings. The first-order valence-electron chi connectivity index (χ1n) is 9.20. The van der Waals surface area contributed by atoms with E-state index in [2.05, 4.69) is 19.2 Å². The first-order chi connectivity index (χ1) is 12.5. The Balaban J connectivity index is 1.88. The number of nitrogens with one attached hydrogen (secondary N) is 1. The number of halogens is 1. The third-order valence-corrected chi connectivity index (χ3v) is 4.85. The number of benzene rings is 1. The van der Waals surface area contributed by atoms with Gasteiger partial charge in [-0.3, -0.25) is 4.79 Å². The highest BCUT2D eigenvalue weighted by Gasteiger charge is 2.24. The molecular formula is C20H26ClN3O2. The molecule has 3 rings (SSSR count). The maximum Gasteiger partial charge on any atom is 0.255 e. The van der Waals surface area contributed by atoms with Crippen LogP contribution in [0.3, 0.4) is 0 Å². The van der Waals surface area contributed by atoms with E-state index in [4.69, 9.17) is 21.4 Å². The van der Waals surface area contributed by atoms with Crippen molar-refractivity contribution in [2.24, 2.45) is 5.92 Å². The summed E-state index contributed by atoms with van der Waals surface area (Å²) < 4.78 is 7.43. The molecule has 0 radical (unpaired) electrons. The number of hydrogen-bond donors (Lipinski definition) is 1. The van der Waals surface area contributed by atoms with Crippen molar-refractivity contribution >= 4 is 17.5 Å². The van der Waals surface area contributed by atoms with E-state index in [0.29, 0.717) is 23.0 Å². The third-order valence-electron chi connectivity index (χ3n) is 4.60. The number of carbonyl (C=O) groups is 1. The number of ether oxygens (including phenoxy) is 1. The normalized spacial score (nSPS) is 17.0. The van der Waals surface area contributed by atoms with Gasteiger partial charge < -0.3 is 10.1 Å².